The molecular weight excluding hydrogens is 176 g/mol. The summed E-state index contributed by atoms with van der Waals surface area (Å²) < 4.78 is 0. The maximum Gasteiger partial charge on any atom is 0.335 e. The van der Waals surface area contributed by atoms with E-state index in [4.69, 9.17) is 5.11 Å². The van der Waals surface area contributed by atoms with E-state index in [0.717, 1.165) is 11.1 Å². The number of carboxylic acid groups (broad SMARTS) is 1. The minimum Gasteiger partial charge on any atom is -0.478 e. The lowest BCUT2D eigenvalue weighted by atomic mass is 9.97. The van der Waals surface area contributed by atoms with Gasteiger partial charge in [0.15, 0.2) is 0 Å². The molecule has 1 N–H and O–H groups in total. The van der Waals surface area contributed by atoms with Crippen molar-refractivity contribution in [3.8, 4) is 0 Å². The van der Waals surface area contributed by atoms with Crippen LogP contribution in [0.2, 0.25) is 0 Å². The van der Waals surface area contributed by atoms with Gasteiger partial charge >= 0.3 is 5.97 Å². The summed E-state index contributed by atoms with van der Waals surface area (Å²) in [6.07, 6.45) is 1.65. The highest BCUT2D eigenvalue weighted by molar-refractivity contribution is 6.15. The van der Waals surface area contributed by atoms with Crippen LogP contribution in [0, 0.1) is 6.92 Å². The fourth-order valence-corrected chi connectivity index (χ4v) is 1.33. The van der Waals surface area contributed by atoms with Crippen molar-refractivity contribution in [3.05, 3.63) is 48.0 Å². The molecule has 2 heteroatoms. The molecule has 72 valence electrons. The molecule has 0 aromatic heterocycles. The standard InChI is InChI=1S/C12H12O2/c1-4-10-8(2)6-5-7-11(10)9(3)12(13)14/h4-7H,1,3H2,2H3,(H,13,14). The summed E-state index contributed by atoms with van der Waals surface area (Å²) in [6, 6.07) is 5.46. The average molecular weight is 188 g/mol. The summed E-state index contributed by atoms with van der Waals surface area (Å²) in [7, 11) is 0. The first-order chi connectivity index (χ1) is 6.57. The SMILES string of the molecule is C=Cc1c(C)cccc1C(=C)C(=O)O. The van der Waals surface area contributed by atoms with Crippen molar-refractivity contribution in [1.82, 2.24) is 0 Å². The molecule has 0 unspecified atom stereocenters. The van der Waals surface area contributed by atoms with E-state index in [1.165, 1.54) is 0 Å². The Morgan fingerprint density at radius 3 is 2.64 bits per heavy atom. The quantitative estimate of drug-likeness (QED) is 0.740. The largest absolute Gasteiger partial charge is 0.478 e. The maximum absolute atomic E-state index is 10.7. The van der Waals surface area contributed by atoms with Crippen LogP contribution in [-0.4, -0.2) is 11.1 Å². The Kier molecular flexibility index (Phi) is 2.87. The first-order valence-corrected chi connectivity index (χ1v) is 4.22. The molecule has 0 aliphatic carbocycles. The molecule has 2 nitrogen and oxygen atoms in total. The summed E-state index contributed by atoms with van der Waals surface area (Å²) in [4.78, 5) is 10.7. The van der Waals surface area contributed by atoms with E-state index in [1.54, 1.807) is 12.1 Å². The number of carbonyl (C=O) groups is 1. The summed E-state index contributed by atoms with van der Waals surface area (Å²) in [5, 5.41) is 8.81. The minimum atomic E-state index is -1.00. The fourth-order valence-electron chi connectivity index (χ4n) is 1.33. The Morgan fingerprint density at radius 1 is 1.50 bits per heavy atom. The molecule has 0 saturated heterocycles. The zero-order chi connectivity index (χ0) is 10.7. The van der Waals surface area contributed by atoms with E-state index in [0.29, 0.717) is 5.56 Å². The summed E-state index contributed by atoms with van der Waals surface area (Å²) >= 11 is 0. The van der Waals surface area contributed by atoms with Gasteiger partial charge in [-0.05, 0) is 23.6 Å². The van der Waals surface area contributed by atoms with E-state index in [-0.39, 0.29) is 5.57 Å². The zero-order valence-electron chi connectivity index (χ0n) is 8.08. The number of carboxylic acids is 1. The second-order valence-electron chi connectivity index (χ2n) is 3.02. The predicted molar refractivity (Wildman–Crippen MR) is 57.9 cm³/mol. The summed E-state index contributed by atoms with van der Waals surface area (Å²) in [6.45, 7) is 9.10. The zero-order valence-corrected chi connectivity index (χ0v) is 8.08. The van der Waals surface area contributed by atoms with Crippen molar-refractivity contribution < 1.29 is 9.90 Å². The van der Waals surface area contributed by atoms with Crippen molar-refractivity contribution in [1.29, 1.82) is 0 Å². The van der Waals surface area contributed by atoms with E-state index >= 15 is 0 Å². The van der Waals surface area contributed by atoms with Gasteiger partial charge < -0.3 is 5.11 Å². The van der Waals surface area contributed by atoms with Crippen molar-refractivity contribution in [2.75, 3.05) is 0 Å². The third-order valence-electron chi connectivity index (χ3n) is 2.11. The van der Waals surface area contributed by atoms with Gasteiger partial charge in [0, 0.05) is 0 Å². The Hall–Kier alpha value is -1.83. The molecule has 0 fully saturated rings. The fraction of sp³-hybridized carbons (Fsp3) is 0.0833. The summed E-state index contributed by atoms with van der Waals surface area (Å²) in [5.74, 6) is -1.00. The highest BCUT2D eigenvalue weighted by Crippen LogP contribution is 2.22. The topological polar surface area (TPSA) is 37.3 Å². The average Bonchev–Trinajstić information content (AvgIpc) is 2.16. The molecule has 0 atom stereocenters. The van der Waals surface area contributed by atoms with Gasteiger partial charge in [0.2, 0.25) is 0 Å². The van der Waals surface area contributed by atoms with E-state index in [2.05, 4.69) is 13.2 Å². The molecule has 0 spiro atoms. The van der Waals surface area contributed by atoms with E-state index < -0.39 is 5.97 Å². The monoisotopic (exact) mass is 188 g/mol. The molecule has 1 rings (SSSR count). The predicted octanol–water partition coefficient (Wildman–Crippen LogP) is 2.74. The Morgan fingerprint density at radius 2 is 2.14 bits per heavy atom. The molecular formula is C12H12O2. The number of aryl methyl sites for hydroxylation is 1. The molecule has 0 amide bonds. The molecule has 0 radical (unpaired) electrons. The Balaban J connectivity index is 3.34. The van der Waals surface area contributed by atoms with Crippen LogP contribution < -0.4 is 0 Å². The van der Waals surface area contributed by atoms with Gasteiger partial charge in [0.05, 0.1) is 5.57 Å². The van der Waals surface area contributed by atoms with Gasteiger partial charge in [-0.3, -0.25) is 0 Å². The van der Waals surface area contributed by atoms with Crippen molar-refractivity contribution in [2.24, 2.45) is 0 Å². The molecule has 14 heavy (non-hydrogen) atoms. The lowest BCUT2D eigenvalue weighted by molar-refractivity contribution is -0.130. The van der Waals surface area contributed by atoms with Crippen LogP contribution >= 0.6 is 0 Å². The molecule has 0 bridgehead atoms. The number of hydrogen-bond donors (Lipinski definition) is 1. The van der Waals surface area contributed by atoms with Crippen LogP contribution in [-0.2, 0) is 4.79 Å². The lowest BCUT2D eigenvalue weighted by Crippen LogP contribution is -2.00. The maximum atomic E-state index is 10.7. The van der Waals surface area contributed by atoms with Gasteiger partial charge in [-0.2, -0.15) is 0 Å². The van der Waals surface area contributed by atoms with Gasteiger partial charge in [-0.1, -0.05) is 37.4 Å². The third kappa shape index (κ3) is 1.74. The highest BCUT2D eigenvalue weighted by atomic mass is 16.4. The molecule has 0 heterocycles. The first kappa shape index (κ1) is 10.3. The first-order valence-electron chi connectivity index (χ1n) is 4.22. The van der Waals surface area contributed by atoms with Crippen molar-refractivity contribution in [2.45, 2.75) is 6.92 Å². The number of hydrogen-bond acceptors (Lipinski definition) is 1. The van der Waals surface area contributed by atoms with Crippen molar-refractivity contribution >= 4 is 17.6 Å². The lowest BCUT2D eigenvalue weighted by Gasteiger charge is -2.08. The molecule has 1 aromatic carbocycles. The molecule has 0 aliphatic heterocycles. The van der Waals surface area contributed by atoms with E-state index in [9.17, 15) is 4.79 Å². The second-order valence-corrected chi connectivity index (χ2v) is 3.02. The van der Waals surface area contributed by atoms with Crippen LogP contribution in [0.4, 0.5) is 0 Å². The molecule has 0 saturated carbocycles. The summed E-state index contributed by atoms with van der Waals surface area (Å²) in [5.41, 5.74) is 2.57. The number of rotatable bonds is 3. The smallest absolute Gasteiger partial charge is 0.335 e. The van der Waals surface area contributed by atoms with Gasteiger partial charge in [-0.25, -0.2) is 4.79 Å². The van der Waals surface area contributed by atoms with Gasteiger partial charge in [-0.15, -0.1) is 0 Å². The number of aliphatic carboxylic acids is 1. The normalized spacial score (nSPS) is 9.50. The molecule has 0 aliphatic rings. The van der Waals surface area contributed by atoms with Crippen LogP contribution in [0.25, 0.3) is 11.6 Å². The minimum absolute atomic E-state index is 0.101. The van der Waals surface area contributed by atoms with Crippen LogP contribution in [0.3, 0.4) is 0 Å². The van der Waals surface area contributed by atoms with Gasteiger partial charge in [0.1, 0.15) is 0 Å². The highest BCUT2D eigenvalue weighted by Gasteiger charge is 2.11. The van der Waals surface area contributed by atoms with Crippen LogP contribution in [0.5, 0.6) is 0 Å². The van der Waals surface area contributed by atoms with E-state index in [1.807, 2.05) is 19.1 Å². The Labute approximate surface area is 83.2 Å². The second kappa shape index (κ2) is 3.92. The van der Waals surface area contributed by atoms with Crippen LogP contribution in [0.1, 0.15) is 16.7 Å². The number of benzene rings is 1. The van der Waals surface area contributed by atoms with Crippen molar-refractivity contribution in [3.63, 3.8) is 0 Å². The molecule has 1 aromatic rings. The Bertz CT molecular complexity index is 403. The van der Waals surface area contributed by atoms with Crippen LogP contribution in [0.15, 0.2) is 31.4 Å². The third-order valence-corrected chi connectivity index (χ3v) is 2.11. The van der Waals surface area contributed by atoms with Gasteiger partial charge in [0.25, 0.3) is 0 Å².